The summed E-state index contributed by atoms with van der Waals surface area (Å²) in [7, 11) is 1.73. The van der Waals surface area contributed by atoms with Gasteiger partial charge in [0.2, 0.25) is 5.91 Å². The second kappa shape index (κ2) is 5.06. The van der Waals surface area contributed by atoms with Crippen molar-refractivity contribution in [1.29, 1.82) is 0 Å². The Labute approximate surface area is 107 Å². The Morgan fingerprint density at radius 1 is 1.50 bits per heavy atom. The van der Waals surface area contributed by atoms with Crippen LogP contribution in [0.5, 0.6) is 0 Å². The van der Waals surface area contributed by atoms with Crippen molar-refractivity contribution in [2.75, 3.05) is 20.1 Å². The van der Waals surface area contributed by atoms with Gasteiger partial charge in [0.1, 0.15) is 5.82 Å². The van der Waals surface area contributed by atoms with Gasteiger partial charge in [0.15, 0.2) is 0 Å². The molecule has 98 valence electrons. The Balaban J connectivity index is 2.06. The van der Waals surface area contributed by atoms with Crippen molar-refractivity contribution in [2.24, 2.45) is 5.41 Å². The monoisotopic (exact) mass is 250 g/mol. The molecule has 0 aliphatic carbocycles. The summed E-state index contributed by atoms with van der Waals surface area (Å²) in [4.78, 5) is 14.0. The van der Waals surface area contributed by atoms with E-state index in [0.29, 0.717) is 18.7 Å². The first-order chi connectivity index (χ1) is 8.53. The predicted octanol–water partition coefficient (Wildman–Crippen LogP) is 1.78. The van der Waals surface area contributed by atoms with E-state index in [1.807, 2.05) is 6.92 Å². The molecule has 18 heavy (non-hydrogen) atoms. The molecule has 1 aromatic rings. The van der Waals surface area contributed by atoms with Crippen molar-refractivity contribution >= 4 is 5.91 Å². The third kappa shape index (κ3) is 2.53. The van der Waals surface area contributed by atoms with Crippen LogP contribution in [0.4, 0.5) is 4.39 Å². The molecule has 1 aliphatic rings. The molecule has 1 N–H and O–H groups in total. The fourth-order valence-corrected chi connectivity index (χ4v) is 2.41. The minimum absolute atomic E-state index is 0.0794. The first kappa shape index (κ1) is 13.0. The van der Waals surface area contributed by atoms with Gasteiger partial charge in [0.25, 0.3) is 0 Å². The van der Waals surface area contributed by atoms with Crippen LogP contribution < -0.4 is 5.32 Å². The summed E-state index contributed by atoms with van der Waals surface area (Å²) in [6.45, 7) is 3.86. The number of benzene rings is 1. The summed E-state index contributed by atoms with van der Waals surface area (Å²) in [5.74, 6) is -0.178. The van der Waals surface area contributed by atoms with Gasteiger partial charge in [0.05, 0.1) is 5.41 Å². The van der Waals surface area contributed by atoms with E-state index in [4.69, 9.17) is 0 Å². The molecule has 0 unspecified atom stereocenters. The predicted molar refractivity (Wildman–Crippen MR) is 68.5 cm³/mol. The van der Waals surface area contributed by atoms with Gasteiger partial charge in [-0.1, -0.05) is 18.2 Å². The summed E-state index contributed by atoms with van der Waals surface area (Å²) in [5, 5.41) is 3.20. The maximum atomic E-state index is 13.5. The molecule has 1 atom stereocenters. The van der Waals surface area contributed by atoms with E-state index in [1.54, 1.807) is 30.1 Å². The van der Waals surface area contributed by atoms with Gasteiger partial charge in [-0.3, -0.25) is 4.79 Å². The summed E-state index contributed by atoms with van der Waals surface area (Å²) in [6, 6.07) is 6.58. The van der Waals surface area contributed by atoms with Crippen molar-refractivity contribution in [3.63, 3.8) is 0 Å². The van der Waals surface area contributed by atoms with Gasteiger partial charge in [-0.2, -0.15) is 0 Å². The lowest BCUT2D eigenvalue weighted by Gasteiger charge is -2.28. The van der Waals surface area contributed by atoms with Crippen LogP contribution in [0.1, 0.15) is 18.9 Å². The van der Waals surface area contributed by atoms with Crippen LogP contribution in [0.2, 0.25) is 0 Å². The highest BCUT2D eigenvalue weighted by molar-refractivity contribution is 5.82. The number of amides is 1. The van der Waals surface area contributed by atoms with Crippen LogP contribution in [0.25, 0.3) is 0 Å². The largest absolute Gasteiger partial charge is 0.341 e. The van der Waals surface area contributed by atoms with Crippen molar-refractivity contribution < 1.29 is 9.18 Å². The van der Waals surface area contributed by atoms with Crippen molar-refractivity contribution in [2.45, 2.75) is 19.9 Å². The molecule has 2 rings (SSSR count). The number of rotatable bonds is 3. The lowest BCUT2D eigenvalue weighted by atomic mass is 9.88. The molecule has 1 saturated heterocycles. The number of hydrogen-bond acceptors (Lipinski definition) is 2. The molecule has 1 heterocycles. The first-order valence-electron chi connectivity index (χ1n) is 6.23. The summed E-state index contributed by atoms with van der Waals surface area (Å²) < 4.78 is 13.5. The highest BCUT2D eigenvalue weighted by atomic mass is 19.1. The number of halogens is 1. The van der Waals surface area contributed by atoms with Gasteiger partial charge in [0, 0.05) is 25.7 Å². The first-order valence-corrected chi connectivity index (χ1v) is 6.23. The molecule has 0 aromatic heterocycles. The van der Waals surface area contributed by atoms with Crippen molar-refractivity contribution in [3.05, 3.63) is 35.6 Å². The van der Waals surface area contributed by atoms with Crippen LogP contribution in [0.15, 0.2) is 24.3 Å². The Morgan fingerprint density at radius 3 is 2.83 bits per heavy atom. The minimum atomic E-state index is -0.347. The second-order valence-corrected chi connectivity index (χ2v) is 5.24. The molecule has 0 bridgehead atoms. The maximum absolute atomic E-state index is 13.5. The molecular weight excluding hydrogens is 231 g/mol. The molecule has 0 saturated carbocycles. The summed E-state index contributed by atoms with van der Waals surface area (Å²) in [6.07, 6.45) is 0.841. The molecular formula is C14H19FN2O. The van der Waals surface area contributed by atoms with Gasteiger partial charge >= 0.3 is 0 Å². The molecule has 0 radical (unpaired) electrons. The zero-order valence-electron chi connectivity index (χ0n) is 10.9. The Morgan fingerprint density at radius 2 is 2.22 bits per heavy atom. The number of carbonyl (C=O) groups is 1. The normalized spacial score (nSPS) is 23.1. The zero-order valence-corrected chi connectivity index (χ0v) is 10.9. The van der Waals surface area contributed by atoms with E-state index >= 15 is 0 Å². The Hall–Kier alpha value is -1.42. The van der Waals surface area contributed by atoms with E-state index in [1.165, 1.54) is 6.07 Å². The highest BCUT2D eigenvalue weighted by Crippen LogP contribution is 2.27. The van der Waals surface area contributed by atoms with Crippen LogP contribution in [-0.4, -0.2) is 30.9 Å². The number of nitrogens with zero attached hydrogens (tertiary/aromatic N) is 1. The Kier molecular flexibility index (Phi) is 3.66. The van der Waals surface area contributed by atoms with E-state index < -0.39 is 0 Å². The van der Waals surface area contributed by atoms with Gasteiger partial charge in [-0.05, 0) is 26.0 Å². The average Bonchev–Trinajstić information content (AvgIpc) is 2.79. The molecule has 3 nitrogen and oxygen atoms in total. The highest BCUT2D eigenvalue weighted by Gasteiger charge is 2.38. The van der Waals surface area contributed by atoms with Crippen molar-refractivity contribution in [3.8, 4) is 0 Å². The van der Waals surface area contributed by atoms with E-state index in [-0.39, 0.29) is 17.1 Å². The average molecular weight is 250 g/mol. The molecule has 0 spiro atoms. The van der Waals surface area contributed by atoms with Crippen LogP contribution >= 0.6 is 0 Å². The topological polar surface area (TPSA) is 32.3 Å². The minimum Gasteiger partial charge on any atom is -0.341 e. The zero-order chi connectivity index (χ0) is 13.2. The molecule has 4 heteroatoms. The SMILES string of the molecule is CN(Cc1ccccc1F)C(=O)[C@]1(C)CCNC1. The van der Waals surface area contributed by atoms with E-state index in [0.717, 1.165) is 13.0 Å². The quantitative estimate of drug-likeness (QED) is 0.887. The summed E-state index contributed by atoms with van der Waals surface area (Å²) >= 11 is 0. The van der Waals surface area contributed by atoms with Gasteiger partial charge in [-0.25, -0.2) is 4.39 Å². The molecule has 1 fully saturated rings. The Bertz CT molecular complexity index is 441. The number of carbonyl (C=O) groups excluding carboxylic acids is 1. The van der Waals surface area contributed by atoms with Gasteiger partial charge < -0.3 is 10.2 Å². The third-order valence-corrected chi connectivity index (χ3v) is 3.60. The number of hydrogen-bond donors (Lipinski definition) is 1. The fraction of sp³-hybridized carbons (Fsp3) is 0.500. The van der Waals surface area contributed by atoms with E-state index in [9.17, 15) is 9.18 Å². The van der Waals surface area contributed by atoms with Crippen LogP contribution in [0, 0.1) is 11.2 Å². The van der Waals surface area contributed by atoms with Crippen LogP contribution in [0.3, 0.4) is 0 Å². The van der Waals surface area contributed by atoms with Gasteiger partial charge in [-0.15, -0.1) is 0 Å². The second-order valence-electron chi connectivity index (χ2n) is 5.24. The van der Waals surface area contributed by atoms with E-state index in [2.05, 4.69) is 5.32 Å². The maximum Gasteiger partial charge on any atom is 0.229 e. The number of nitrogens with one attached hydrogen (secondary N) is 1. The van der Waals surface area contributed by atoms with Crippen molar-refractivity contribution in [1.82, 2.24) is 10.2 Å². The standard InChI is InChI=1S/C14H19FN2O/c1-14(7-8-16-10-14)13(18)17(2)9-11-5-3-4-6-12(11)15/h3-6,16H,7-10H2,1-2H3/t14-/m1/s1. The summed E-state index contributed by atoms with van der Waals surface area (Å²) in [5.41, 5.74) is 0.211. The molecule has 1 aromatic carbocycles. The smallest absolute Gasteiger partial charge is 0.229 e. The fourth-order valence-electron chi connectivity index (χ4n) is 2.41. The molecule has 1 aliphatic heterocycles. The lowest BCUT2D eigenvalue weighted by molar-refractivity contribution is -0.139. The van der Waals surface area contributed by atoms with Crippen LogP contribution in [-0.2, 0) is 11.3 Å². The lowest BCUT2D eigenvalue weighted by Crippen LogP contribution is -2.41. The third-order valence-electron chi connectivity index (χ3n) is 3.60. The molecule has 1 amide bonds.